The van der Waals surface area contributed by atoms with Gasteiger partial charge in [0.15, 0.2) is 0 Å². The summed E-state index contributed by atoms with van der Waals surface area (Å²) >= 11 is 0. The Morgan fingerprint density at radius 3 is 2.71 bits per heavy atom. The molecular formula is C17H31N3O. The molecular weight excluding hydrogens is 262 g/mol. The van der Waals surface area contributed by atoms with Crippen molar-refractivity contribution in [2.75, 3.05) is 19.6 Å². The fourth-order valence-corrected chi connectivity index (χ4v) is 4.82. The van der Waals surface area contributed by atoms with Crippen LogP contribution in [0.5, 0.6) is 0 Å². The van der Waals surface area contributed by atoms with E-state index in [1.807, 2.05) is 0 Å². The van der Waals surface area contributed by atoms with E-state index in [0.717, 1.165) is 13.1 Å². The molecule has 0 aromatic heterocycles. The van der Waals surface area contributed by atoms with Crippen LogP contribution in [0.15, 0.2) is 0 Å². The van der Waals surface area contributed by atoms with Gasteiger partial charge in [-0.1, -0.05) is 0 Å². The van der Waals surface area contributed by atoms with Crippen LogP contribution in [0.2, 0.25) is 0 Å². The summed E-state index contributed by atoms with van der Waals surface area (Å²) in [5, 5.41) is 3.22. The Morgan fingerprint density at radius 2 is 2.05 bits per heavy atom. The molecule has 2 bridgehead atoms. The molecule has 0 aromatic rings. The Hall–Kier alpha value is -0.610. The number of likely N-dealkylation sites (tertiary alicyclic amines) is 1. The molecule has 1 saturated heterocycles. The molecule has 3 N–H and O–H groups in total. The van der Waals surface area contributed by atoms with E-state index in [0.29, 0.717) is 23.8 Å². The summed E-state index contributed by atoms with van der Waals surface area (Å²) in [6.45, 7) is 7.69. The smallest absolute Gasteiger partial charge is 0.224 e. The molecule has 5 atom stereocenters. The Bertz CT molecular complexity index is 382. The Labute approximate surface area is 128 Å². The first kappa shape index (κ1) is 15.3. The van der Waals surface area contributed by atoms with E-state index in [4.69, 9.17) is 5.73 Å². The summed E-state index contributed by atoms with van der Waals surface area (Å²) in [6, 6.07) is 0.727. The lowest BCUT2D eigenvalue weighted by atomic mass is 9.84. The van der Waals surface area contributed by atoms with Crippen LogP contribution in [-0.2, 0) is 4.79 Å². The standard InChI is InChI=1S/C17H31N3O/c1-11(2)20-7-3-4-12(10-20)9-19-17(21)15-13-5-6-14(8-13)16(15)18/h11-16H,3-10,18H2,1-2H3,(H,19,21). The highest BCUT2D eigenvalue weighted by molar-refractivity contribution is 5.80. The number of nitrogens with zero attached hydrogens (tertiary/aromatic N) is 1. The SMILES string of the molecule is CC(C)N1CCCC(CNC(=O)C2C3CCC(C3)C2N)C1. The maximum atomic E-state index is 12.5. The molecule has 0 aromatic carbocycles. The third-order valence-electron chi connectivity index (χ3n) is 6.13. The summed E-state index contributed by atoms with van der Waals surface area (Å²) in [4.78, 5) is 15.0. The van der Waals surface area contributed by atoms with Crippen LogP contribution in [0.3, 0.4) is 0 Å². The fraction of sp³-hybridized carbons (Fsp3) is 0.941. The van der Waals surface area contributed by atoms with Crippen LogP contribution >= 0.6 is 0 Å². The normalized spacial score (nSPS) is 39.9. The molecule has 120 valence electrons. The first-order valence-electron chi connectivity index (χ1n) is 8.83. The molecule has 0 spiro atoms. The zero-order valence-electron chi connectivity index (χ0n) is 13.6. The number of fused-ring (bicyclic) bond motifs is 2. The van der Waals surface area contributed by atoms with Crippen molar-refractivity contribution in [2.45, 2.75) is 58.0 Å². The van der Waals surface area contributed by atoms with Crippen molar-refractivity contribution in [3.05, 3.63) is 0 Å². The van der Waals surface area contributed by atoms with Crippen molar-refractivity contribution in [2.24, 2.45) is 29.4 Å². The van der Waals surface area contributed by atoms with Crippen LogP contribution in [0.25, 0.3) is 0 Å². The van der Waals surface area contributed by atoms with Crippen molar-refractivity contribution in [1.29, 1.82) is 0 Å². The number of carbonyl (C=O) groups is 1. The molecule has 21 heavy (non-hydrogen) atoms. The van der Waals surface area contributed by atoms with Gasteiger partial charge in [0.2, 0.25) is 5.91 Å². The third kappa shape index (κ3) is 3.11. The topological polar surface area (TPSA) is 58.4 Å². The average Bonchev–Trinajstić information content (AvgIpc) is 3.06. The van der Waals surface area contributed by atoms with Crippen molar-refractivity contribution in [1.82, 2.24) is 10.2 Å². The lowest BCUT2D eigenvalue weighted by Gasteiger charge is -2.36. The number of nitrogens with one attached hydrogen (secondary N) is 1. The van der Waals surface area contributed by atoms with Gasteiger partial charge in [-0.3, -0.25) is 4.79 Å². The minimum absolute atomic E-state index is 0.0912. The second kappa shape index (κ2) is 6.25. The second-order valence-corrected chi connectivity index (χ2v) is 7.78. The van der Waals surface area contributed by atoms with Gasteiger partial charge < -0.3 is 16.0 Å². The van der Waals surface area contributed by atoms with Gasteiger partial charge in [0.1, 0.15) is 0 Å². The average molecular weight is 293 g/mol. The summed E-state index contributed by atoms with van der Waals surface area (Å²) in [5.41, 5.74) is 6.27. The highest BCUT2D eigenvalue weighted by Gasteiger charge is 2.49. The highest BCUT2D eigenvalue weighted by Crippen LogP contribution is 2.47. The lowest BCUT2D eigenvalue weighted by Crippen LogP contribution is -2.48. The highest BCUT2D eigenvalue weighted by atomic mass is 16.1. The van der Waals surface area contributed by atoms with Crippen LogP contribution in [0, 0.1) is 23.7 Å². The molecule has 1 amide bonds. The van der Waals surface area contributed by atoms with Crippen LogP contribution < -0.4 is 11.1 Å². The molecule has 3 rings (SSSR count). The van der Waals surface area contributed by atoms with Gasteiger partial charge in [-0.25, -0.2) is 0 Å². The number of hydrogen-bond donors (Lipinski definition) is 2. The van der Waals surface area contributed by atoms with Gasteiger partial charge >= 0.3 is 0 Å². The maximum absolute atomic E-state index is 12.5. The molecule has 3 aliphatic rings. The summed E-state index contributed by atoms with van der Waals surface area (Å²) in [7, 11) is 0. The molecule has 2 saturated carbocycles. The quantitative estimate of drug-likeness (QED) is 0.828. The van der Waals surface area contributed by atoms with Gasteiger partial charge in [0.05, 0.1) is 5.92 Å². The molecule has 1 heterocycles. The Kier molecular flexibility index (Phi) is 4.55. The predicted octanol–water partition coefficient (Wildman–Crippen LogP) is 1.60. The zero-order valence-corrected chi connectivity index (χ0v) is 13.6. The minimum atomic E-state index is 0.0912. The summed E-state index contributed by atoms with van der Waals surface area (Å²) < 4.78 is 0. The Balaban J connectivity index is 1.48. The van der Waals surface area contributed by atoms with E-state index in [2.05, 4.69) is 24.1 Å². The van der Waals surface area contributed by atoms with Crippen LogP contribution in [-0.4, -0.2) is 42.5 Å². The van der Waals surface area contributed by atoms with Crippen LogP contribution in [0.1, 0.15) is 46.0 Å². The molecule has 3 fully saturated rings. The molecule has 4 heteroatoms. The minimum Gasteiger partial charge on any atom is -0.355 e. The largest absolute Gasteiger partial charge is 0.355 e. The number of hydrogen-bond acceptors (Lipinski definition) is 3. The number of rotatable bonds is 4. The molecule has 5 unspecified atom stereocenters. The molecule has 1 aliphatic heterocycles. The van der Waals surface area contributed by atoms with E-state index < -0.39 is 0 Å². The Morgan fingerprint density at radius 1 is 1.29 bits per heavy atom. The van der Waals surface area contributed by atoms with Gasteiger partial charge in [0.25, 0.3) is 0 Å². The summed E-state index contributed by atoms with van der Waals surface area (Å²) in [6.07, 6.45) is 6.13. The van der Waals surface area contributed by atoms with Crippen molar-refractivity contribution < 1.29 is 4.79 Å². The fourth-order valence-electron chi connectivity index (χ4n) is 4.82. The molecule has 2 aliphatic carbocycles. The van der Waals surface area contributed by atoms with Gasteiger partial charge in [-0.2, -0.15) is 0 Å². The van der Waals surface area contributed by atoms with Gasteiger partial charge in [-0.05, 0) is 70.3 Å². The van der Waals surface area contributed by atoms with Crippen molar-refractivity contribution >= 4 is 5.91 Å². The number of amides is 1. The molecule has 4 nitrogen and oxygen atoms in total. The first-order chi connectivity index (χ1) is 10.1. The van der Waals surface area contributed by atoms with Crippen molar-refractivity contribution in [3.63, 3.8) is 0 Å². The third-order valence-corrected chi connectivity index (χ3v) is 6.13. The van der Waals surface area contributed by atoms with E-state index in [1.165, 1.54) is 38.6 Å². The summed E-state index contributed by atoms with van der Waals surface area (Å²) in [5.74, 6) is 2.10. The number of nitrogens with two attached hydrogens (primary N) is 1. The van der Waals surface area contributed by atoms with E-state index >= 15 is 0 Å². The number of carbonyl (C=O) groups excluding carboxylic acids is 1. The van der Waals surface area contributed by atoms with E-state index in [9.17, 15) is 4.79 Å². The lowest BCUT2D eigenvalue weighted by molar-refractivity contribution is -0.127. The van der Waals surface area contributed by atoms with Crippen LogP contribution in [0.4, 0.5) is 0 Å². The monoisotopic (exact) mass is 293 g/mol. The van der Waals surface area contributed by atoms with Crippen molar-refractivity contribution in [3.8, 4) is 0 Å². The molecule has 0 radical (unpaired) electrons. The maximum Gasteiger partial charge on any atom is 0.224 e. The van der Waals surface area contributed by atoms with E-state index in [1.54, 1.807) is 0 Å². The first-order valence-corrected chi connectivity index (χ1v) is 8.83. The van der Waals surface area contributed by atoms with Gasteiger partial charge in [-0.15, -0.1) is 0 Å². The predicted molar refractivity (Wildman–Crippen MR) is 84.7 cm³/mol. The van der Waals surface area contributed by atoms with E-state index in [-0.39, 0.29) is 17.9 Å². The van der Waals surface area contributed by atoms with Gasteiger partial charge in [0, 0.05) is 25.2 Å². The number of piperidine rings is 1. The second-order valence-electron chi connectivity index (χ2n) is 7.78. The zero-order chi connectivity index (χ0) is 15.0.